The maximum Gasteiger partial charge on any atom is 0.252 e. The normalized spacial score (nSPS) is 15.7. The van der Waals surface area contributed by atoms with Crippen LogP contribution in [0.4, 0.5) is 24.8 Å². The van der Waals surface area contributed by atoms with Gasteiger partial charge in [0.1, 0.15) is 5.82 Å². The highest BCUT2D eigenvalue weighted by Gasteiger charge is 2.46. The van der Waals surface area contributed by atoms with Crippen LogP contribution in [0.2, 0.25) is 5.02 Å². The molecular weight excluding hydrogens is 535 g/mol. The number of benzene rings is 2. The van der Waals surface area contributed by atoms with E-state index in [1.165, 1.54) is 12.1 Å². The van der Waals surface area contributed by atoms with E-state index >= 15 is 0 Å². The quantitative estimate of drug-likeness (QED) is 0.227. The second-order valence-electron chi connectivity index (χ2n) is 9.73. The topological polar surface area (TPSA) is 44.3 Å². The van der Waals surface area contributed by atoms with Crippen LogP contribution >= 0.6 is 11.6 Å². The van der Waals surface area contributed by atoms with Crippen molar-refractivity contribution in [3.8, 4) is 0 Å². The van der Waals surface area contributed by atoms with Crippen molar-refractivity contribution in [3.63, 3.8) is 0 Å². The summed E-state index contributed by atoms with van der Waals surface area (Å²) in [7, 11) is 0. The van der Waals surface area contributed by atoms with Crippen LogP contribution in [0, 0.1) is 5.82 Å². The Balaban J connectivity index is 1.86. The van der Waals surface area contributed by atoms with E-state index < -0.39 is 29.9 Å². The summed E-state index contributed by atoms with van der Waals surface area (Å²) in [4.78, 5) is 12.3. The Morgan fingerprint density at radius 1 is 1.05 bits per heavy atom. The minimum absolute atomic E-state index is 0.313. The Bertz CT molecular complexity index is 1400. The van der Waals surface area contributed by atoms with Crippen molar-refractivity contribution < 1.29 is 13.2 Å². The Morgan fingerprint density at radius 2 is 1.73 bits per heavy atom. The predicted octanol–water partition coefficient (Wildman–Crippen LogP) is 7.83. The molecule has 1 aliphatic carbocycles. The molecule has 0 saturated heterocycles. The highest BCUT2D eigenvalue weighted by Crippen LogP contribution is 2.42. The summed E-state index contributed by atoms with van der Waals surface area (Å²) in [6.07, 6.45) is 4.25. The van der Waals surface area contributed by atoms with Crippen molar-refractivity contribution in [2.24, 2.45) is 0 Å². The Labute approximate surface area is 238 Å². The number of anilines is 2. The van der Waals surface area contributed by atoms with Crippen LogP contribution < -0.4 is 15.1 Å². The molecular formula is C31H31ClF3N5. The van der Waals surface area contributed by atoms with Crippen LogP contribution in [-0.4, -0.2) is 28.0 Å². The van der Waals surface area contributed by atoms with Gasteiger partial charge in [-0.1, -0.05) is 61.7 Å². The second kappa shape index (κ2) is 12.0. The fourth-order valence-electron chi connectivity index (χ4n) is 4.87. The molecule has 9 heteroatoms. The molecule has 1 fully saturated rings. The average Bonchev–Trinajstić information content (AvgIpc) is 2.89. The summed E-state index contributed by atoms with van der Waals surface area (Å²) in [6, 6.07) is 13.0. The monoisotopic (exact) mass is 565 g/mol. The van der Waals surface area contributed by atoms with Crippen LogP contribution in [-0.2, 0) is 0 Å². The van der Waals surface area contributed by atoms with E-state index in [9.17, 15) is 13.2 Å². The minimum Gasteiger partial charge on any atom is -0.384 e. The molecule has 1 saturated carbocycles. The fraction of sp³-hybridized carbons (Fsp3) is 0.226. The highest BCUT2D eigenvalue weighted by molar-refractivity contribution is 6.31. The van der Waals surface area contributed by atoms with Gasteiger partial charge in [0.2, 0.25) is 5.95 Å². The van der Waals surface area contributed by atoms with Gasteiger partial charge >= 0.3 is 0 Å². The molecule has 1 aromatic heterocycles. The molecule has 208 valence electrons. The number of allylic oxidation sites excluding steroid dienone is 1. The summed E-state index contributed by atoms with van der Waals surface area (Å²) in [6.45, 7) is 18.6. The van der Waals surface area contributed by atoms with Gasteiger partial charge in [-0.25, -0.2) is 23.1 Å². The number of halogens is 4. The van der Waals surface area contributed by atoms with E-state index in [-0.39, 0.29) is 12.8 Å². The van der Waals surface area contributed by atoms with Gasteiger partial charge in [0.25, 0.3) is 5.92 Å². The van der Waals surface area contributed by atoms with E-state index in [0.29, 0.717) is 39.3 Å². The lowest BCUT2D eigenvalue weighted by molar-refractivity contribution is -0.0908. The second-order valence-corrected chi connectivity index (χ2v) is 10.1. The van der Waals surface area contributed by atoms with Gasteiger partial charge < -0.3 is 15.1 Å². The van der Waals surface area contributed by atoms with E-state index in [4.69, 9.17) is 11.6 Å². The number of nitrogens with one attached hydrogen (secondary N) is 1. The molecule has 0 unspecified atom stereocenters. The van der Waals surface area contributed by atoms with Crippen LogP contribution in [0.3, 0.4) is 0 Å². The molecule has 5 nitrogen and oxygen atoms in total. The minimum atomic E-state index is -2.73. The first-order chi connectivity index (χ1) is 19.0. The van der Waals surface area contributed by atoms with Crippen LogP contribution in [0.1, 0.15) is 31.4 Å². The Morgan fingerprint density at radius 3 is 2.30 bits per heavy atom. The van der Waals surface area contributed by atoms with Crippen molar-refractivity contribution in [2.45, 2.75) is 43.8 Å². The molecule has 0 aliphatic heterocycles. The summed E-state index contributed by atoms with van der Waals surface area (Å²) in [5.74, 6) is -2.83. The Hall–Kier alpha value is -4.04. The van der Waals surface area contributed by atoms with Gasteiger partial charge in [0, 0.05) is 59.1 Å². The summed E-state index contributed by atoms with van der Waals surface area (Å²) in [5.41, 5.74) is 2.53. The van der Waals surface area contributed by atoms with Crippen LogP contribution in [0.25, 0.3) is 0 Å². The van der Waals surface area contributed by atoms with Crippen LogP contribution in [0.5, 0.6) is 0 Å². The molecule has 4 rings (SSSR count). The molecule has 0 amide bonds. The SMILES string of the molecule is C=C[C@@H](C(=C)N(c1cccc(F)c1)[C@H](C(=C)NC1CC(F)(F)C1)c1ccccc1Cl)N(C(=C)C)c1ncccn1. The third kappa shape index (κ3) is 6.23. The van der Waals surface area contributed by atoms with Crippen molar-refractivity contribution >= 4 is 23.2 Å². The molecule has 3 aromatic rings. The zero-order valence-corrected chi connectivity index (χ0v) is 23.0. The van der Waals surface area contributed by atoms with E-state index in [2.05, 4.69) is 41.6 Å². The van der Waals surface area contributed by atoms with E-state index in [1.807, 2.05) is 12.1 Å². The van der Waals surface area contributed by atoms with Gasteiger partial charge in [-0.3, -0.25) is 0 Å². The van der Waals surface area contributed by atoms with Gasteiger partial charge in [0.15, 0.2) is 0 Å². The third-order valence-corrected chi connectivity index (χ3v) is 7.03. The number of aromatic nitrogens is 2. The lowest BCUT2D eigenvalue weighted by Crippen LogP contribution is -2.50. The third-order valence-electron chi connectivity index (χ3n) is 6.69. The number of hydrogen-bond acceptors (Lipinski definition) is 5. The standard InChI is InChI=1S/C31H31ClF3N5/c1-6-28(39(20(2)3)30-36-15-10-16-37-30)22(5)40(25-12-9-11-23(33)17-25)29(26-13-7-8-14-27(26)32)21(4)38-24-18-31(34,35)19-24/h6-17,24,28-29,38H,1-2,4-5,18-19H2,3H3/t28-,29+/m0/s1. The lowest BCUT2D eigenvalue weighted by atomic mass is 9.87. The molecule has 0 bridgehead atoms. The number of alkyl halides is 2. The maximum absolute atomic E-state index is 14.7. The number of rotatable bonds is 12. The molecule has 0 spiro atoms. The average molecular weight is 566 g/mol. The molecule has 0 radical (unpaired) electrons. The van der Waals surface area contributed by atoms with Gasteiger partial charge in [-0.15, -0.1) is 6.58 Å². The molecule has 2 aromatic carbocycles. The maximum atomic E-state index is 14.7. The molecule has 1 aliphatic rings. The largest absolute Gasteiger partial charge is 0.384 e. The number of hydrogen-bond donors (Lipinski definition) is 1. The highest BCUT2D eigenvalue weighted by atomic mass is 35.5. The molecule has 1 heterocycles. The summed E-state index contributed by atoms with van der Waals surface area (Å²) >= 11 is 6.70. The number of nitrogens with zero attached hydrogens (tertiary/aromatic N) is 4. The first kappa shape index (κ1) is 29.0. The van der Waals surface area contributed by atoms with Gasteiger partial charge in [0.05, 0.1) is 12.1 Å². The summed E-state index contributed by atoms with van der Waals surface area (Å²) in [5, 5.41) is 3.59. The molecule has 1 N–H and O–H groups in total. The lowest BCUT2D eigenvalue weighted by Gasteiger charge is -2.44. The van der Waals surface area contributed by atoms with Crippen molar-refractivity contribution in [3.05, 3.63) is 133 Å². The van der Waals surface area contributed by atoms with Crippen molar-refractivity contribution in [1.29, 1.82) is 0 Å². The Kier molecular flexibility index (Phi) is 8.69. The predicted molar refractivity (Wildman–Crippen MR) is 156 cm³/mol. The first-order valence-electron chi connectivity index (χ1n) is 12.7. The van der Waals surface area contributed by atoms with E-state index in [1.54, 1.807) is 65.5 Å². The van der Waals surface area contributed by atoms with Crippen LogP contribution in [0.15, 0.2) is 116 Å². The zero-order valence-electron chi connectivity index (χ0n) is 22.2. The van der Waals surface area contributed by atoms with E-state index in [0.717, 1.165) is 0 Å². The fourth-order valence-corrected chi connectivity index (χ4v) is 5.11. The molecule has 40 heavy (non-hydrogen) atoms. The van der Waals surface area contributed by atoms with Crippen molar-refractivity contribution in [2.75, 3.05) is 9.80 Å². The van der Waals surface area contributed by atoms with Crippen molar-refractivity contribution in [1.82, 2.24) is 15.3 Å². The zero-order chi connectivity index (χ0) is 29.0. The smallest absolute Gasteiger partial charge is 0.252 e. The first-order valence-corrected chi connectivity index (χ1v) is 13.1. The van der Waals surface area contributed by atoms with Gasteiger partial charge in [-0.05, 0) is 42.8 Å². The summed E-state index contributed by atoms with van der Waals surface area (Å²) < 4.78 is 42.1. The molecule has 2 atom stereocenters. The van der Waals surface area contributed by atoms with Gasteiger partial charge in [-0.2, -0.15) is 0 Å².